The molecule has 0 aliphatic rings. The van der Waals surface area contributed by atoms with Crippen molar-refractivity contribution in [2.75, 3.05) is 7.11 Å². The smallest absolute Gasteiger partial charge is 0.309 e. The molecule has 0 aliphatic heterocycles. The summed E-state index contributed by atoms with van der Waals surface area (Å²) in [5.41, 5.74) is 1.58. The third-order valence-corrected chi connectivity index (χ3v) is 3.27. The van der Waals surface area contributed by atoms with E-state index in [1.54, 1.807) is 6.07 Å². The topological polar surface area (TPSA) is 35.5 Å². The van der Waals surface area contributed by atoms with E-state index in [0.29, 0.717) is 0 Å². The van der Waals surface area contributed by atoms with Crippen molar-refractivity contribution < 1.29 is 18.7 Å². The molecule has 0 amide bonds. The van der Waals surface area contributed by atoms with Gasteiger partial charge in [-0.2, -0.15) is 0 Å². The number of carbonyl (C=O) groups is 1. The lowest BCUT2D eigenvalue weighted by Gasteiger charge is -2.11. The van der Waals surface area contributed by atoms with E-state index in [0.717, 1.165) is 11.1 Å². The van der Waals surface area contributed by atoms with Gasteiger partial charge < -0.3 is 9.47 Å². The van der Waals surface area contributed by atoms with Crippen molar-refractivity contribution in [1.82, 2.24) is 0 Å². The Morgan fingerprint density at radius 1 is 1.14 bits per heavy atom. The molecule has 110 valence electrons. The van der Waals surface area contributed by atoms with Crippen molar-refractivity contribution in [1.29, 1.82) is 0 Å². The predicted octanol–water partition coefficient (Wildman–Crippen LogP) is 3.77. The molecule has 0 unspecified atom stereocenters. The molecular weight excluding hydrogens is 295 g/mol. The number of ether oxygens (including phenoxy) is 2. The van der Waals surface area contributed by atoms with Gasteiger partial charge in [-0.05, 0) is 23.3 Å². The van der Waals surface area contributed by atoms with Crippen LogP contribution in [0.15, 0.2) is 42.5 Å². The number of hydrogen-bond acceptors (Lipinski definition) is 3. The van der Waals surface area contributed by atoms with Gasteiger partial charge in [-0.25, -0.2) is 4.39 Å². The summed E-state index contributed by atoms with van der Waals surface area (Å²) in [4.78, 5) is 11.4. The summed E-state index contributed by atoms with van der Waals surface area (Å²) in [5, 5.41) is 0.00958. The number of halogens is 2. The maximum absolute atomic E-state index is 13.7. The Bertz CT molecular complexity index is 643. The molecule has 0 bridgehead atoms. The van der Waals surface area contributed by atoms with Crippen molar-refractivity contribution in [2.24, 2.45) is 0 Å². The first-order valence-electron chi connectivity index (χ1n) is 6.32. The van der Waals surface area contributed by atoms with E-state index >= 15 is 0 Å². The van der Waals surface area contributed by atoms with Crippen LogP contribution >= 0.6 is 11.6 Å². The van der Waals surface area contributed by atoms with E-state index in [9.17, 15) is 9.18 Å². The minimum atomic E-state index is -0.593. The third kappa shape index (κ3) is 3.95. The first kappa shape index (κ1) is 15.3. The molecule has 0 radical (unpaired) electrons. The Kier molecular flexibility index (Phi) is 5.17. The standard InChI is InChI=1S/C16H14ClFO3/c1-20-15(19)9-11-5-2-3-6-12(11)10-21-14-8-4-7-13(17)16(14)18/h2-8H,9-10H2,1H3. The third-order valence-electron chi connectivity index (χ3n) is 2.98. The lowest BCUT2D eigenvalue weighted by atomic mass is 10.1. The summed E-state index contributed by atoms with van der Waals surface area (Å²) in [7, 11) is 1.34. The van der Waals surface area contributed by atoms with E-state index < -0.39 is 5.82 Å². The van der Waals surface area contributed by atoms with Crippen LogP contribution < -0.4 is 4.74 Å². The Hall–Kier alpha value is -2.07. The number of esters is 1. The molecule has 0 aliphatic carbocycles. The van der Waals surface area contributed by atoms with Crippen LogP contribution in [0.1, 0.15) is 11.1 Å². The Morgan fingerprint density at radius 2 is 1.86 bits per heavy atom. The van der Waals surface area contributed by atoms with E-state index in [2.05, 4.69) is 4.74 Å². The van der Waals surface area contributed by atoms with Gasteiger partial charge in [0.2, 0.25) is 0 Å². The maximum atomic E-state index is 13.7. The molecule has 3 nitrogen and oxygen atoms in total. The lowest BCUT2D eigenvalue weighted by Crippen LogP contribution is -2.08. The predicted molar refractivity (Wildman–Crippen MR) is 77.9 cm³/mol. The van der Waals surface area contributed by atoms with Gasteiger partial charge in [0.05, 0.1) is 18.6 Å². The van der Waals surface area contributed by atoms with E-state index in [1.807, 2.05) is 24.3 Å². The summed E-state index contributed by atoms with van der Waals surface area (Å²) < 4.78 is 23.8. The number of hydrogen-bond donors (Lipinski definition) is 0. The highest BCUT2D eigenvalue weighted by Gasteiger charge is 2.11. The highest BCUT2D eigenvalue weighted by molar-refractivity contribution is 6.30. The van der Waals surface area contributed by atoms with Gasteiger partial charge in [0.1, 0.15) is 6.61 Å². The Labute approximate surface area is 127 Å². The first-order chi connectivity index (χ1) is 10.1. The van der Waals surface area contributed by atoms with Gasteiger partial charge in [0.25, 0.3) is 0 Å². The molecule has 0 saturated heterocycles. The normalized spacial score (nSPS) is 10.2. The molecule has 0 spiro atoms. The zero-order valence-corrected chi connectivity index (χ0v) is 12.2. The highest BCUT2D eigenvalue weighted by atomic mass is 35.5. The average Bonchev–Trinajstić information content (AvgIpc) is 2.50. The number of benzene rings is 2. The van der Waals surface area contributed by atoms with Crippen molar-refractivity contribution in [3.63, 3.8) is 0 Å². The fourth-order valence-electron chi connectivity index (χ4n) is 1.85. The molecular formula is C16H14ClFO3. The van der Waals surface area contributed by atoms with Crippen LogP contribution in [-0.2, 0) is 22.6 Å². The van der Waals surface area contributed by atoms with Crippen molar-refractivity contribution in [2.45, 2.75) is 13.0 Å². The van der Waals surface area contributed by atoms with E-state index in [4.69, 9.17) is 16.3 Å². The molecule has 2 aromatic rings. The van der Waals surface area contributed by atoms with Crippen LogP contribution in [0.3, 0.4) is 0 Å². The monoisotopic (exact) mass is 308 g/mol. The fourth-order valence-corrected chi connectivity index (χ4v) is 2.02. The number of carbonyl (C=O) groups excluding carboxylic acids is 1. The molecule has 0 atom stereocenters. The van der Waals surface area contributed by atoms with Gasteiger partial charge in [-0.3, -0.25) is 4.79 Å². The molecule has 0 fully saturated rings. The lowest BCUT2D eigenvalue weighted by molar-refractivity contribution is -0.139. The van der Waals surface area contributed by atoms with Gasteiger partial charge in [0, 0.05) is 0 Å². The Morgan fingerprint density at radius 3 is 2.57 bits per heavy atom. The summed E-state index contributed by atoms with van der Waals surface area (Å²) >= 11 is 5.70. The van der Waals surface area contributed by atoms with Crippen LogP contribution in [0, 0.1) is 5.82 Å². The van der Waals surface area contributed by atoms with Gasteiger partial charge in [0.15, 0.2) is 11.6 Å². The number of rotatable bonds is 5. The SMILES string of the molecule is COC(=O)Cc1ccccc1COc1cccc(Cl)c1F. The van der Waals surface area contributed by atoms with Gasteiger partial charge in [-0.15, -0.1) is 0 Å². The van der Waals surface area contributed by atoms with Gasteiger partial charge >= 0.3 is 5.97 Å². The molecule has 0 saturated carbocycles. The maximum Gasteiger partial charge on any atom is 0.309 e. The second kappa shape index (κ2) is 7.09. The summed E-state index contributed by atoms with van der Waals surface area (Å²) in [6.45, 7) is 0.143. The zero-order valence-electron chi connectivity index (χ0n) is 11.4. The number of methoxy groups -OCH3 is 1. The van der Waals surface area contributed by atoms with Crippen LogP contribution in [0.4, 0.5) is 4.39 Å². The average molecular weight is 309 g/mol. The molecule has 21 heavy (non-hydrogen) atoms. The largest absolute Gasteiger partial charge is 0.486 e. The summed E-state index contributed by atoms with van der Waals surface area (Å²) in [6, 6.07) is 11.8. The van der Waals surface area contributed by atoms with Crippen molar-refractivity contribution >= 4 is 17.6 Å². The molecule has 0 heterocycles. The first-order valence-corrected chi connectivity index (χ1v) is 6.70. The Balaban J connectivity index is 2.13. The molecule has 5 heteroatoms. The second-order valence-electron chi connectivity index (χ2n) is 4.36. The van der Waals surface area contributed by atoms with Crippen molar-refractivity contribution in [3.05, 3.63) is 64.4 Å². The van der Waals surface area contributed by atoms with Crippen LogP contribution in [0.25, 0.3) is 0 Å². The minimum absolute atomic E-state index is 0.00958. The molecule has 0 N–H and O–H groups in total. The summed E-state index contributed by atoms with van der Waals surface area (Å²) in [6.07, 6.45) is 0.147. The quantitative estimate of drug-likeness (QED) is 0.789. The van der Waals surface area contributed by atoms with E-state index in [1.165, 1.54) is 19.2 Å². The van der Waals surface area contributed by atoms with Crippen LogP contribution in [0.5, 0.6) is 5.75 Å². The minimum Gasteiger partial charge on any atom is -0.486 e. The summed E-state index contributed by atoms with van der Waals surface area (Å²) in [5.74, 6) is -0.851. The van der Waals surface area contributed by atoms with Crippen LogP contribution in [-0.4, -0.2) is 13.1 Å². The van der Waals surface area contributed by atoms with E-state index in [-0.39, 0.29) is 29.8 Å². The zero-order chi connectivity index (χ0) is 15.2. The highest BCUT2D eigenvalue weighted by Crippen LogP contribution is 2.25. The van der Waals surface area contributed by atoms with Gasteiger partial charge in [-0.1, -0.05) is 41.9 Å². The van der Waals surface area contributed by atoms with Crippen LogP contribution in [0.2, 0.25) is 5.02 Å². The second-order valence-corrected chi connectivity index (χ2v) is 4.77. The molecule has 2 rings (SSSR count). The van der Waals surface area contributed by atoms with Crippen molar-refractivity contribution in [3.8, 4) is 5.75 Å². The molecule has 2 aromatic carbocycles. The molecule has 0 aromatic heterocycles. The fraction of sp³-hybridized carbons (Fsp3) is 0.188.